The van der Waals surface area contributed by atoms with E-state index in [1.165, 1.54) is 0 Å². The summed E-state index contributed by atoms with van der Waals surface area (Å²) in [4.78, 5) is 4.45. The zero-order valence-electron chi connectivity index (χ0n) is 14.2. The second kappa shape index (κ2) is 9.12. The maximum Gasteiger partial charge on any atom is 0.169 e. The monoisotopic (exact) mass is 372 g/mol. The molecule has 0 bridgehead atoms. The summed E-state index contributed by atoms with van der Waals surface area (Å²) in [5, 5.41) is 8.37. The van der Waals surface area contributed by atoms with E-state index in [-0.39, 0.29) is 0 Å². The maximum absolute atomic E-state index is 5.62. The minimum Gasteiger partial charge on any atom is -0.376 e. The minimum atomic E-state index is 0.318. The van der Waals surface area contributed by atoms with E-state index in [9.17, 15) is 0 Å². The van der Waals surface area contributed by atoms with E-state index in [0.717, 1.165) is 88.4 Å². The first-order chi connectivity index (χ1) is 11.7. The van der Waals surface area contributed by atoms with Gasteiger partial charge in [-0.25, -0.2) is 0 Å². The molecule has 0 aromatic rings. The van der Waals surface area contributed by atoms with Gasteiger partial charge in [0.15, 0.2) is 10.2 Å². The molecule has 0 aromatic heterocycles. The van der Waals surface area contributed by atoms with Crippen molar-refractivity contribution >= 4 is 34.7 Å². The molecule has 0 saturated carbocycles. The third-order valence-corrected chi connectivity index (χ3v) is 5.67. The summed E-state index contributed by atoms with van der Waals surface area (Å²) < 4.78 is 11.2. The highest BCUT2D eigenvalue weighted by Crippen LogP contribution is 2.12. The van der Waals surface area contributed by atoms with Crippen LogP contribution in [0.2, 0.25) is 0 Å². The van der Waals surface area contributed by atoms with Gasteiger partial charge in [-0.05, 0) is 50.1 Å². The van der Waals surface area contributed by atoms with Crippen LogP contribution in [0, 0.1) is 0 Å². The van der Waals surface area contributed by atoms with Gasteiger partial charge in [-0.2, -0.15) is 0 Å². The van der Waals surface area contributed by atoms with Gasteiger partial charge in [0, 0.05) is 52.5 Å². The second-order valence-electron chi connectivity index (χ2n) is 6.62. The van der Waals surface area contributed by atoms with Crippen LogP contribution in [0.1, 0.15) is 25.7 Å². The molecule has 3 aliphatic heterocycles. The lowest BCUT2D eigenvalue weighted by atomic mass is 10.2. The Morgan fingerprint density at radius 3 is 1.54 bits per heavy atom. The molecule has 2 atom stereocenters. The van der Waals surface area contributed by atoms with E-state index >= 15 is 0 Å². The lowest BCUT2D eigenvalue weighted by molar-refractivity contribution is 0.112. The summed E-state index contributed by atoms with van der Waals surface area (Å²) in [6.45, 7) is 7.01. The number of hydrogen-bond acceptors (Lipinski definition) is 4. The number of hydrogen-bond donors (Lipinski definition) is 2. The van der Waals surface area contributed by atoms with Gasteiger partial charge in [-0.1, -0.05) is 0 Å². The Labute approximate surface area is 155 Å². The van der Waals surface area contributed by atoms with E-state index in [1.54, 1.807) is 0 Å². The van der Waals surface area contributed by atoms with Crippen molar-refractivity contribution in [1.29, 1.82) is 0 Å². The summed E-state index contributed by atoms with van der Waals surface area (Å²) in [7, 11) is 0. The minimum absolute atomic E-state index is 0.318. The van der Waals surface area contributed by atoms with E-state index < -0.39 is 0 Å². The predicted molar refractivity (Wildman–Crippen MR) is 102 cm³/mol. The molecule has 136 valence electrons. The Kier molecular flexibility index (Phi) is 6.88. The van der Waals surface area contributed by atoms with E-state index in [4.69, 9.17) is 33.9 Å². The molecule has 2 N–H and O–H groups in total. The highest BCUT2D eigenvalue weighted by molar-refractivity contribution is 7.80. The van der Waals surface area contributed by atoms with Crippen molar-refractivity contribution in [2.24, 2.45) is 0 Å². The van der Waals surface area contributed by atoms with Crippen molar-refractivity contribution < 1.29 is 9.47 Å². The van der Waals surface area contributed by atoms with Crippen LogP contribution < -0.4 is 10.6 Å². The number of piperazine rings is 1. The summed E-state index contributed by atoms with van der Waals surface area (Å²) in [6, 6.07) is 0. The van der Waals surface area contributed by atoms with Crippen LogP contribution in [-0.4, -0.2) is 84.7 Å². The first-order valence-electron chi connectivity index (χ1n) is 9.01. The van der Waals surface area contributed by atoms with Crippen molar-refractivity contribution in [3.05, 3.63) is 0 Å². The van der Waals surface area contributed by atoms with Crippen LogP contribution in [-0.2, 0) is 9.47 Å². The molecule has 0 aromatic carbocycles. The highest BCUT2D eigenvalue weighted by atomic mass is 32.1. The van der Waals surface area contributed by atoms with Gasteiger partial charge in [-0.15, -0.1) is 0 Å². The average molecular weight is 373 g/mol. The molecule has 0 spiro atoms. The summed E-state index contributed by atoms with van der Waals surface area (Å²) in [5.74, 6) is 0. The normalized spacial score (nSPS) is 27.3. The van der Waals surface area contributed by atoms with Crippen LogP contribution in [0.15, 0.2) is 0 Å². The number of ether oxygens (including phenoxy) is 2. The number of rotatable bonds is 4. The zero-order chi connectivity index (χ0) is 16.8. The number of thiocarbonyl (C=S) groups is 2. The van der Waals surface area contributed by atoms with Crippen molar-refractivity contribution in [2.75, 3.05) is 52.5 Å². The fourth-order valence-electron chi connectivity index (χ4n) is 3.35. The van der Waals surface area contributed by atoms with Crippen molar-refractivity contribution in [3.8, 4) is 0 Å². The van der Waals surface area contributed by atoms with Crippen LogP contribution >= 0.6 is 24.4 Å². The number of nitrogens with zero attached hydrogens (tertiary/aromatic N) is 2. The molecule has 3 fully saturated rings. The molecule has 24 heavy (non-hydrogen) atoms. The van der Waals surface area contributed by atoms with E-state index in [2.05, 4.69) is 20.4 Å². The Bertz CT molecular complexity index is 392. The van der Waals surface area contributed by atoms with Gasteiger partial charge in [0.1, 0.15) is 0 Å². The molecule has 3 aliphatic rings. The third kappa shape index (κ3) is 5.15. The highest BCUT2D eigenvalue weighted by Gasteiger charge is 2.23. The quantitative estimate of drug-likeness (QED) is 0.700. The maximum atomic E-state index is 5.62. The summed E-state index contributed by atoms with van der Waals surface area (Å²) in [6.07, 6.45) is 5.22. The van der Waals surface area contributed by atoms with Crippen LogP contribution in [0.5, 0.6) is 0 Å². The molecule has 0 radical (unpaired) electrons. The fraction of sp³-hybridized carbons (Fsp3) is 0.875. The summed E-state index contributed by atoms with van der Waals surface area (Å²) >= 11 is 11.0. The topological polar surface area (TPSA) is 49.0 Å². The molecular formula is C16H28N4O2S2. The molecule has 3 rings (SSSR count). The molecule has 3 heterocycles. The van der Waals surface area contributed by atoms with Crippen LogP contribution in [0.4, 0.5) is 0 Å². The zero-order valence-corrected chi connectivity index (χ0v) is 15.8. The lowest BCUT2D eigenvalue weighted by Crippen LogP contribution is -2.55. The fourth-order valence-corrected chi connectivity index (χ4v) is 3.88. The number of nitrogens with one attached hydrogen (secondary N) is 2. The van der Waals surface area contributed by atoms with Crippen molar-refractivity contribution in [3.63, 3.8) is 0 Å². The molecule has 2 unspecified atom stereocenters. The van der Waals surface area contributed by atoms with Crippen LogP contribution in [0.3, 0.4) is 0 Å². The molecule has 6 nitrogen and oxygen atoms in total. The first-order valence-corrected chi connectivity index (χ1v) is 9.83. The van der Waals surface area contributed by atoms with Crippen molar-refractivity contribution in [1.82, 2.24) is 20.4 Å². The van der Waals surface area contributed by atoms with Crippen LogP contribution in [0.25, 0.3) is 0 Å². The van der Waals surface area contributed by atoms with Gasteiger partial charge in [-0.3, -0.25) is 0 Å². The molecule has 3 saturated heterocycles. The van der Waals surface area contributed by atoms with Gasteiger partial charge < -0.3 is 29.9 Å². The van der Waals surface area contributed by atoms with Crippen molar-refractivity contribution in [2.45, 2.75) is 37.9 Å². The first kappa shape index (κ1) is 18.1. The van der Waals surface area contributed by atoms with Gasteiger partial charge in [0.25, 0.3) is 0 Å². The van der Waals surface area contributed by atoms with Gasteiger partial charge in [0.05, 0.1) is 12.2 Å². The van der Waals surface area contributed by atoms with Gasteiger partial charge >= 0.3 is 0 Å². The van der Waals surface area contributed by atoms with E-state index in [0.29, 0.717) is 12.2 Å². The predicted octanol–water partition coefficient (Wildman–Crippen LogP) is 0.711. The average Bonchev–Trinajstić information content (AvgIpc) is 3.31. The second-order valence-corrected chi connectivity index (χ2v) is 7.39. The lowest BCUT2D eigenvalue weighted by Gasteiger charge is -2.37. The molecule has 0 amide bonds. The Morgan fingerprint density at radius 2 is 1.21 bits per heavy atom. The Balaban J connectivity index is 1.32. The third-order valence-electron chi connectivity index (χ3n) is 4.86. The molecular weight excluding hydrogens is 344 g/mol. The smallest absolute Gasteiger partial charge is 0.169 e. The standard InChI is InChI=1S/C16H28N4O2S2/c23-15(17-11-13-3-1-9-21-13)19-5-7-20(8-6-19)16(24)18-12-14-4-2-10-22-14/h13-14H,1-12H2,(H,17,23)(H,18,24). The van der Waals surface area contributed by atoms with E-state index in [1.807, 2.05) is 0 Å². The van der Waals surface area contributed by atoms with Gasteiger partial charge in [0.2, 0.25) is 0 Å². The Morgan fingerprint density at radius 1 is 0.792 bits per heavy atom. The Hall–Kier alpha value is -0.700. The molecule has 0 aliphatic carbocycles. The molecule has 8 heteroatoms. The SMILES string of the molecule is S=C(NCC1CCCO1)N1CCN(C(=S)NCC2CCCO2)CC1. The summed E-state index contributed by atoms with van der Waals surface area (Å²) in [5.41, 5.74) is 0. The largest absolute Gasteiger partial charge is 0.376 e.